The van der Waals surface area contributed by atoms with Crippen LogP contribution in [0, 0.1) is 13.8 Å². The summed E-state index contributed by atoms with van der Waals surface area (Å²) in [5.74, 6) is 0. The van der Waals surface area contributed by atoms with Crippen LogP contribution >= 0.6 is 0 Å². The van der Waals surface area contributed by atoms with E-state index in [1.54, 1.807) is 24.7 Å². The minimum Gasteiger partial charge on any atom is -0.299 e. The van der Waals surface area contributed by atoms with Gasteiger partial charge in [-0.2, -0.15) is 26.3 Å². The van der Waals surface area contributed by atoms with Crippen LogP contribution in [0.15, 0.2) is 23.1 Å². The summed E-state index contributed by atoms with van der Waals surface area (Å²) in [5, 5.41) is 0. The second-order valence-corrected chi connectivity index (χ2v) is 8.38. The summed E-state index contributed by atoms with van der Waals surface area (Å²) in [5.41, 5.74) is 2.58. The van der Waals surface area contributed by atoms with Crippen molar-refractivity contribution in [2.75, 3.05) is 0 Å². The second kappa shape index (κ2) is 9.41. The van der Waals surface area contributed by atoms with Crippen LogP contribution < -0.4 is 10.3 Å². The first kappa shape index (κ1) is 26.0. The van der Waals surface area contributed by atoms with Crippen molar-refractivity contribution >= 4 is 16.1 Å². The van der Waals surface area contributed by atoms with Gasteiger partial charge in [0.05, 0.1) is 4.90 Å². The molecule has 13 heteroatoms. The number of urea groups is 1. The van der Waals surface area contributed by atoms with E-state index in [1.165, 1.54) is 17.6 Å². The van der Waals surface area contributed by atoms with Gasteiger partial charge in [0.1, 0.15) is 12.1 Å². The van der Waals surface area contributed by atoms with Gasteiger partial charge in [-0.15, -0.1) is 4.83 Å². The minimum absolute atomic E-state index is 0.308. The molecule has 0 bridgehead atoms. The van der Waals surface area contributed by atoms with E-state index in [4.69, 9.17) is 0 Å². The smallest absolute Gasteiger partial charge is 0.299 e. The summed E-state index contributed by atoms with van der Waals surface area (Å²) in [6.07, 6.45) is -12.0. The lowest BCUT2D eigenvalue weighted by Crippen LogP contribution is -2.62. The molecule has 1 rings (SSSR count). The average Bonchev–Trinajstić information content (AvgIpc) is 2.56. The number of alkyl halides is 6. The highest BCUT2D eigenvalue weighted by Crippen LogP contribution is 2.35. The van der Waals surface area contributed by atoms with Crippen molar-refractivity contribution in [1.82, 2.24) is 15.2 Å². The van der Waals surface area contributed by atoms with E-state index in [9.17, 15) is 39.6 Å². The molecule has 0 aromatic heterocycles. The Bertz CT molecular complexity index is 813. The first-order chi connectivity index (χ1) is 13.5. The molecule has 0 aliphatic rings. The van der Waals surface area contributed by atoms with E-state index in [1.807, 2.05) is 0 Å². The largest absolute Gasteiger partial charge is 0.408 e. The Balaban J connectivity index is 3.24. The highest BCUT2D eigenvalue weighted by Gasteiger charge is 2.53. The first-order valence-electron chi connectivity index (χ1n) is 8.86. The molecule has 30 heavy (non-hydrogen) atoms. The number of nitrogens with one attached hydrogen (secondary N) is 2. The van der Waals surface area contributed by atoms with E-state index >= 15 is 0 Å². The molecule has 0 fully saturated rings. The monoisotopic (exact) mass is 463 g/mol. The summed E-state index contributed by atoms with van der Waals surface area (Å²) in [6.45, 7) is 5.13. The Hall–Kier alpha value is -2.02. The zero-order valence-corrected chi connectivity index (χ0v) is 17.5. The van der Waals surface area contributed by atoms with Crippen LogP contribution in [-0.2, 0) is 10.0 Å². The molecule has 172 valence electrons. The van der Waals surface area contributed by atoms with Gasteiger partial charge >= 0.3 is 18.4 Å². The van der Waals surface area contributed by atoms with Crippen molar-refractivity contribution in [3.05, 3.63) is 29.3 Å². The third-order valence-corrected chi connectivity index (χ3v) is 5.46. The highest BCUT2D eigenvalue weighted by atomic mass is 32.2. The zero-order chi connectivity index (χ0) is 23.5. The van der Waals surface area contributed by atoms with Gasteiger partial charge in [0.25, 0.3) is 10.0 Å². The number of sulfonamides is 1. The van der Waals surface area contributed by atoms with Crippen LogP contribution in [0.4, 0.5) is 31.1 Å². The average molecular weight is 463 g/mol. The molecule has 0 saturated heterocycles. The second-order valence-electron chi connectivity index (χ2n) is 6.70. The topological polar surface area (TPSA) is 78.5 Å². The Kier molecular flexibility index (Phi) is 8.16. The molecule has 0 aliphatic carbocycles. The maximum absolute atomic E-state index is 13.3. The van der Waals surface area contributed by atoms with Crippen molar-refractivity contribution in [3.63, 3.8) is 0 Å². The van der Waals surface area contributed by atoms with Gasteiger partial charge in [0.15, 0.2) is 0 Å². The SMILES string of the molecule is CCC(N(C(=O)NNS(=O)(=O)c1cc(C)cc(C)c1)C(CC)C(F)(F)F)C(F)(F)F. The van der Waals surface area contributed by atoms with Gasteiger partial charge in [-0.1, -0.05) is 19.9 Å². The Morgan fingerprint density at radius 3 is 1.67 bits per heavy atom. The van der Waals surface area contributed by atoms with Crippen LogP contribution in [-0.4, -0.2) is 43.8 Å². The molecule has 2 atom stereocenters. The van der Waals surface area contributed by atoms with E-state index in [-0.39, 0.29) is 4.90 Å². The summed E-state index contributed by atoms with van der Waals surface area (Å²) < 4.78 is 105. The third kappa shape index (κ3) is 6.49. The number of carbonyl (C=O) groups excluding carboxylic acids is 1. The van der Waals surface area contributed by atoms with Crippen molar-refractivity contribution in [2.45, 2.75) is 69.9 Å². The normalized spacial score (nSPS) is 14.9. The Labute approximate surface area is 170 Å². The van der Waals surface area contributed by atoms with Gasteiger partial charge in [-0.3, -0.25) is 10.3 Å². The van der Waals surface area contributed by atoms with Crippen molar-refractivity contribution in [1.29, 1.82) is 0 Å². The predicted octanol–water partition coefficient (Wildman–Crippen LogP) is 4.19. The van der Waals surface area contributed by atoms with Crippen molar-refractivity contribution < 1.29 is 39.6 Å². The van der Waals surface area contributed by atoms with E-state index in [0.29, 0.717) is 11.1 Å². The molecule has 0 saturated carbocycles. The van der Waals surface area contributed by atoms with Gasteiger partial charge < -0.3 is 0 Å². The molecule has 6 nitrogen and oxygen atoms in total. The number of aryl methyl sites for hydroxylation is 2. The summed E-state index contributed by atoms with van der Waals surface area (Å²) in [6, 6.07) is -3.28. The van der Waals surface area contributed by atoms with Gasteiger partial charge in [0.2, 0.25) is 0 Å². The number of halogens is 6. The molecule has 1 aromatic rings. The standard InChI is InChI=1S/C17H23F6N3O3S/c1-5-13(16(18,19)20)26(14(6-2)17(21,22)23)15(27)24-25-30(28,29)12-8-10(3)7-11(4)9-12/h7-9,13-14,25H,5-6H2,1-4H3,(H,24,27). The number of hydrogen-bond acceptors (Lipinski definition) is 3. The van der Waals surface area contributed by atoms with Crippen LogP contribution in [0.1, 0.15) is 37.8 Å². The minimum atomic E-state index is -5.16. The van der Waals surface area contributed by atoms with E-state index in [0.717, 1.165) is 13.8 Å². The van der Waals surface area contributed by atoms with Crippen LogP contribution in [0.5, 0.6) is 0 Å². The lowest BCUT2D eigenvalue weighted by Gasteiger charge is -2.38. The van der Waals surface area contributed by atoms with E-state index < -0.39 is 58.2 Å². The maximum Gasteiger partial charge on any atom is 0.408 e. The highest BCUT2D eigenvalue weighted by molar-refractivity contribution is 7.89. The molecular weight excluding hydrogens is 440 g/mol. The van der Waals surface area contributed by atoms with Gasteiger partial charge in [0, 0.05) is 0 Å². The predicted molar refractivity (Wildman–Crippen MR) is 96.9 cm³/mol. The fourth-order valence-electron chi connectivity index (χ4n) is 2.99. The van der Waals surface area contributed by atoms with Gasteiger partial charge in [-0.05, 0) is 49.9 Å². The maximum atomic E-state index is 13.3. The third-order valence-electron chi connectivity index (χ3n) is 4.23. The number of rotatable bonds is 7. The molecule has 0 radical (unpaired) electrons. The number of hydrogen-bond donors (Lipinski definition) is 2. The number of amides is 2. The first-order valence-corrected chi connectivity index (χ1v) is 10.3. The summed E-state index contributed by atoms with van der Waals surface area (Å²) in [7, 11) is -4.44. The number of nitrogens with zero attached hydrogens (tertiary/aromatic N) is 1. The Morgan fingerprint density at radius 1 is 0.933 bits per heavy atom. The molecule has 2 N–H and O–H groups in total. The zero-order valence-electron chi connectivity index (χ0n) is 16.6. The molecule has 2 amide bonds. The lowest BCUT2D eigenvalue weighted by atomic mass is 10.1. The fraction of sp³-hybridized carbons (Fsp3) is 0.588. The molecule has 0 aliphatic heterocycles. The number of carbonyl (C=O) groups is 1. The number of benzene rings is 1. The van der Waals surface area contributed by atoms with Gasteiger partial charge in [-0.25, -0.2) is 13.2 Å². The summed E-state index contributed by atoms with van der Waals surface area (Å²) in [4.78, 5) is 13.2. The van der Waals surface area contributed by atoms with Crippen molar-refractivity contribution in [3.8, 4) is 0 Å². The number of hydrazine groups is 1. The van der Waals surface area contributed by atoms with Crippen LogP contribution in [0.2, 0.25) is 0 Å². The quantitative estimate of drug-likeness (QED) is 0.470. The lowest BCUT2D eigenvalue weighted by molar-refractivity contribution is -0.222. The van der Waals surface area contributed by atoms with Crippen molar-refractivity contribution in [2.24, 2.45) is 0 Å². The summed E-state index contributed by atoms with van der Waals surface area (Å²) >= 11 is 0. The van der Waals surface area contributed by atoms with Crippen LogP contribution in [0.25, 0.3) is 0 Å². The van der Waals surface area contributed by atoms with Crippen LogP contribution in [0.3, 0.4) is 0 Å². The molecular formula is C17H23F6N3O3S. The fourth-order valence-corrected chi connectivity index (χ4v) is 4.02. The molecule has 0 heterocycles. The Morgan fingerprint density at radius 2 is 1.33 bits per heavy atom. The molecule has 1 aromatic carbocycles. The molecule has 2 unspecified atom stereocenters. The molecule has 0 spiro atoms. The van der Waals surface area contributed by atoms with E-state index in [2.05, 4.69) is 0 Å².